The Morgan fingerprint density at radius 2 is 1.70 bits per heavy atom. The van der Waals surface area contributed by atoms with Crippen molar-refractivity contribution in [3.63, 3.8) is 0 Å². The standard InChI is InChI=1S/C19H21N3.CH4/c1-14(17-9-5-4-6-10-17)13-18-15(2)19(21-16(3)20-18)22-11-7-8-12-22;/h4-10,13H,11-12H2,1-3H3;1H4/b14-13+;. The van der Waals surface area contributed by atoms with Crippen LogP contribution < -0.4 is 4.90 Å². The number of nitrogens with zero attached hydrogens (tertiary/aromatic N) is 3. The molecule has 2 heterocycles. The summed E-state index contributed by atoms with van der Waals surface area (Å²) in [6.07, 6.45) is 6.52. The van der Waals surface area contributed by atoms with Crippen LogP contribution >= 0.6 is 0 Å². The molecule has 23 heavy (non-hydrogen) atoms. The minimum absolute atomic E-state index is 0. The van der Waals surface area contributed by atoms with Crippen molar-refractivity contribution in [3.05, 3.63) is 65.1 Å². The molecule has 2 aromatic rings. The van der Waals surface area contributed by atoms with Crippen LogP contribution in [0.25, 0.3) is 11.6 Å². The number of rotatable bonds is 3. The van der Waals surface area contributed by atoms with E-state index in [0.29, 0.717) is 0 Å². The van der Waals surface area contributed by atoms with Gasteiger partial charge in [-0.25, -0.2) is 9.97 Å². The Bertz CT molecular complexity index is 722. The van der Waals surface area contributed by atoms with Crippen LogP contribution in [0.3, 0.4) is 0 Å². The molecule has 1 aliphatic heterocycles. The van der Waals surface area contributed by atoms with Crippen LogP contribution in [0.2, 0.25) is 0 Å². The van der Waals surface area contributed by atoms with Gasteiger partial charge in [-0.2, -0.15) is 0 Å². The Hall–Kier alpha value is -2.42. The van der Waals surface area contributed by atoms with Crippen LogP contribution in [0.4, 0.5) is 5.82 Å². The van der Waals surface area contributed by atoms with Crippen LogP contribution in [0.1, 0.15) is 37.0 Å². The molecule has 3 nitrogen and oxygen atoms in total. The third-order valence-corrected chi connectivity index (χ3v) is 3.97. The normalized spacial score (nSPS) is 14.0. The van der Waals surface area contributed by atoms with E-state index in [2.05, 4.69) is 71.2 Å². The lowest BCUT2D eigenvalue weighted by Gasteiger charge is -2.20. The number of aromatic nitrogens is 2. The number of allylic oxidation sites excluding steroid dienone is 1. The van der Waals surface area contributed by atoms with Gasteiger partial charge in [0.15, 0.2) is 0 Å². The molecule has 0 aliphatic carbocycles. The molecule has 0 atom stereocenters. The average Bonchev–Trinajstić information content (AvgIpc) is 3.05. The first-order valence-electron chi connectivity index (χ1n) is 7.64. The van der Waals surface area contributed by atoms with Crippen LogP contribution in [-0.4, -0.2) is 23.1 Å². The van der Waals surface area contributed by atoms with Crippen molar-refractivity contribution < 1.29 is 0 Å². The van der Waals surface area contributed by atoms with Gasteiger partial charge in [-0.15, -0.1) is 0 Å². The highest BCUT2D eigenvalue weighted by molar-refractivity contribution is 5.80. The molecular weight excluding hydrogens is 282 g/mol. The zero-order chi connectivity index (χ0) is 15.5. The lowest BCUT2D eigenvalue weighted by atomic mass is 10.0. The van der Waals surface area contributed by atoms with Crippen LogP contribution in [0.15, 0.2) is 42.5 Å². The SMILES string of the molecule is C.C/C(=C\c1nc(C)nc(N2CC=CC2)c1C)c1ccccc1. The summed E-state index contributed by atoms with van der Waals surface area (Å²) in [6.45, 7) is 8.05. The molecule has 3 heteroatoms. The molecule has 0 saturated heterocycles. The molecule has 0 fully saturated rings. The summed E-state index contributed by atoms with van der Waals surface area (Å²) in [4.78, 5) is 11.6. The summed E-state index contributed by atoms with van der Waals surface area (Å²) in [6, 6.07) is 10.4. The van der Waals surface area contributed by atoms with Gasteiger partial charge >= 0.3 is 0 Å². The van der Waals surface area contributed by atoms with E-state index in [9.17, 15) is 0 Å². The Morgan fingerprint density at radius 1 is 1.04 bits per heavy atom. The summed E-state index contributed by atoms with van der Waals surface area (Å²) >= 11 is 0. The number of benzene rings is 1. The highest BCUT2D eigenvalue weighted by Gasteiger charge is 2.15. The topological polar surface area (TPSA) is 29.0 Å². The second-order valence-electron chi connectivity index (χ2n) is 5.67. The lowest BCUT2D eigenvalue weighted by Crippen LogP contribution is -2.22. The summed E-state index contributed by atoms with van der Waals surface area (Å²) in [5.74, 6) is 1.87. The van der Waals surface area contributed by atoms with E-state index in [1.54, 1.807) is 0 Å². The third kappa shape index (κ3) is 3.67. The van der Waals surface area contributed by atoms with Crippen LogP contribution in [-0.2, 0) is 0 Å². The van der Waals surface area contributed by atoms with E-state index < -0.39 is 0 Å². The molecule has 0 unspecified atom stereocenters. The van der Waals surface area contributed by atoms with Crippen LogP contribution in [0, 0.1) is 13.8 Å². The average molecular weight is 307 g/mol. The Labute approximate surface area is 139 Å². The smallest absolute Gasteiger partial charge is 0.136 e. The minimum Gasteiger partial charge on any atom is -0.349 e. The summed E-state index contributed by atoms with van der Waals surface area (Å²) in [5.41, 5.74) is 4.59. The van der Waals surface area contributed by atoms with Crippen molar-refractivity contribution in [1.82, 2.24) is 9.97 Å². The fourth-order valence-electron chi connectivity index (χ4n) is 2.72. The van der Waals surface area contributed by atoms with Crippen molar-refractivity contribution in [2.24, 2.45) is 0 Å². The largest absolute Gasteiger partial charge is 0.349 e. The maximum Gasteiger partial charge on any atom is 0.136 e. The molecule has 0 spiro atoms. The van der Waals surface area contributed by atoms with Crippen molar-refractivity contribution in [3.8, 4) is 0 Å². The molecule has 120 valence electrons. The highest BCUT2D eigenvalue weighted by Crippen LogP contribution is 2.25. The number of aryl methyl sites for hydroxylation is 1. The van der Waals surface area contributed by atoms with Gasteiger partial charge in [0.05, 0.1) is 5.69 Å². The Morgan fingerprint density at radius 3 is 2.35 bits per heavy atom. The van der Waals surface area contributed by atoms with Crippen LogP contribution in [0.5, 0.6) is 0 Å². The molecule has 3 rings (SSSR count). The second-order valence-corrected chi connectivity index (χ2v) is 5.67. The Kier molecular flexibility index (Phi) is 5.32. The van der Waals surface area contributed by atoms with Gasteiger partial charge in [-0.3, -0.25) is 0 Å². The van der Waals surface area contributed by atoms with Gasteiger partial charge in [-0.05, 0) is 38.0 Å². The molecule has 0 radical (unpaired) electrons. The minimum atomic E-state index is 0. The van der Waals surface area contributed by atoms with Crippen molar-refractivity contribution in [2.45, 2.75) is 28.2 Å². The molecule has 0 amide bonds. The number of hydrogen-bond acceptors (Lipinski definition) is 3. The molecule has 1 aliphatic rings. The van der Waals surface area contributed by atoms with E-state index >= 15 is 0 Å². The molecule has 1 aromatic heterocycles. The van der Waals surface area contributed by atoms with E-state index in [0.717, 1.165) is 36.0 Å². The predicted octanol–water partition coefficient (Wildman–Crippen LogP) is 4.67. The quantitative estimate of drug-likeness (QED) is 0.772. The Balaban J connectivity index is 0.00000192. The fraction of sp³-hybridized carbons (Fsp3) is 0.300. The summed E-state index contributed by atoms with van der Waals surface area (Å²) < 4.78 is 0. The molecule has 0 N–H and O–H groups in total. The molecule has 1 aromatic carbocycles. The first-order chi connectivity index (χ1) is 10.6. The lowest BCUT2D eigenvalue weighted by molar-refractivity contribution is 0.914. The van der Waals surface area contributed by atoms with Gasteiger partial charge < -0.3 is 4.90 Å². The first kappa shape index (κ1) is 16.9. The van der Waals surface area contributed by atoms with Crippen molar-refractivity contribution in [2.75, 3.05) is 18.0 Å². The maximum atomic E-state index is 4.64. The van der Waals surface area contributed by atoms with Crippen molar-refractivity contribution in [1.29, 1.82) is 0 Å². The van der Waals surface area contributed by atoms with E-state index in [4.69, 9.17) is 0 Å². The summed E-state index contributed by atoms with van der Waals surface area (Å²) in [5, 5.41) is 0. The van der Waals surface area contributed by atoms with E-state index in [-0.39, 0.29) is 7.43 Å². The number of anilines is 1. The predicted molar refractivity (Wildman–Crippen MR) is 99.6 cm³/mol. The van der Waals surface area contributed by atoms with E-state index in [1.807, 2.05) is 13.0 Å². The number of hydrogen-bond donors (Lipinski definition) is 0. The first-order valence-corrected chi connectivity index (χ1v) is 7.64. The maximum absolute atomic E-state index is 4.64. The fourth-order valence-corrected chi connectivity index (χ4v) is 2.72. The zero-order valence-corrected chi connectivity index (χ0v) is 13.4. The van der Waals surface area contributed by atoms with Gasteiger partial charge in [-0.1, -0.05) is 49.9 Å². The molecular formula is C20H25N3. The van der Waals surface area contributed by atoms with Gasteiger partial charge in [0.2, 0.25) is 0 Å². The molecule has 0 bridgehead atoms. The van der Waals surface area contributed by atoms with Crippen molar-refractivity contribution >= 4 is 17.5 Å². The zero-order valence-electron chi connectivity index (χ0n) is 13.4. The highest BCUT2D eigenvalue weighted by atomic mass is 15.2. The van der Waals surface area contributed by atoms with Gasteiger partial charge in [0.25, 0.3) is 0 Å². The van der Waals surface area contributed by atoms with E-state index in [1.165, 1.54) is 11.1 Å². The molecule has 0 saturated carbocycles. The second kappa shape index (κ2) is 7.23. The third-order valence-electron chi connectivity index (χ3n) is 3.97. The van der Waals surface area contributed by atoms with Gasteiger partial charge in [0.1, 0.15) is 11.6 Å². The summed E-state index contributed by atoms with van der Waals surface area (Å²) in [7, 11) is 0. The van der Waals surface area contributed by atoms with Gasteiger partial charge in [0, 0.05) is 18.7 Å². The monoisotopic (exact) mass is 307 g/mol.